The summed E-state index contributed by atoms with van der Waals surface area (Å²) in [5, 5.41) is 3.80. The van der Waals surface area contributed by atoms with Crippen molar-refractivity contribution >= 4 is 11.9 Å². The summed E-state index contributed by atoms with van der Waals surface area (Å²) in [5.41, 5.74) is 1.15. The number of urea groups is 1. The highest BCUT2D eigenvalue weighted by atomic mass is 16.2. The van der Waals surface area contributed by atoms with Gasteiger partial charge in [-0.05, 0) is 57.4 Å². The molecule has 2 heterocycles. The van der Waals surface area contributed by atoms with E-state index in [2.05, 4.69) is 57.4 Å². The number of benzene rings is 1. The van der Waals surface area contributed by atoms with Gasteiger partial charge in [-0.25, -0.2) is 4.79 Å². The summed E-state index contributed by atoms with van der Waals surface area (Å²) in [6, 6.07) is 12.1. The maximum atomic E-state index is 13.1. The lowest BCUT2D eigenvalue weighted by molar-refractivity contribution is 0.0228. The van der Waals surface area contributed by atoms with E-state index in [0.29, 0.717) is 18.1 Å². The molecule has 5 rings (SSSR count). The third kappa shape index (κ3) is 3.66. The molecule has 3 fully saturated rings. The van der Waals surface area contributed by atoms with Gasteiger partial charge in [-0.15, -0.1) is 0 Å². The Kier molecular flexibility index (Phi) is 5.57. The van der Waals surface area contributed by atoms with Crippen molar-refractivity contribution in [2.24, 2.45) is 4.99 Å². The number of hydrogen-bond donors (Lipinski definition) is 1. The number of aliphatic imine (C=N–C) groups is 1. The van der Waals surface area contributed by atoms with Gasteiger partial charge in [0.1, 0.15) is 11.4 Å². The number of carbonyl (C=O) groups is 1. The minimum atomic E-state index is -0.216. The first-order chi connectivity index (χ1) is 14.7. The molecule has 162 valence electrons. The molecule has 0 aromatic heterocycles. The van der Waals surface area contributed by atoms with Crippen molar-refractivity contribution in [1.82, 2.24) is 15.1 Å². The number of nitrogens with one attached hydrogen (secondary N) is 1. The van der Waals surface area contributed by atoms with Crippen LogP contribution in [0, 0.1) is 0 Å². The molecule has 4 aliphatic rings. The van der Waals surface area contributed by atoms with Crippen LogP contribution < -0.4 is 5.32 Å². The van der Waals surface area contributed by atoms with Crippen LogP contribution in [0.2, 0.25) is 0 Å². The Hall–Kier alpha value is -1.88. The molecule has 2 aliphatic carbocycles. The van der Waals surface area contributed by atoms with E-state index in [0.717, 1.165) is 44.6 Å². The molecule has 1 N–H and O–H groups in total. The third-order valence-corrected chi connectivity index (χ3v) is 8.00. The summed E-state index contributed by atoms with van der Waals surface area (Å²) in [7, 11) is 0. The fourth-order valence-corrected chi connectivity index (χ4v) is 6.06. The Balaban J connectivity index is 1.36. The number of likely N-dealkylation sites (tertiary alicyclic amines) is 1. The summed E-state index contributed by atoms with van der Waals surface area (Å²) >= 11 is 0. The molecule has 0 unspecified atom stereocenters. The molecule has 0 bridgehead atoms. The van der Waals surface area contributed by atoms with Gasteiger partial charge >= 0.3 is 6.03 Å². The lowest BCUT2D eigenvalue weighted by Gasteiger charge is -2.52. The highest BCUT2D eigenvalue weighted by Crippen LogP contribution is 2.43. The van der Waals surface area contributed by atoms with Crippen molar-refractivity contribution in [1.29, 1.82) is 0 Å². The quantitative estimate of drug-likeness (QED) is 0.784. The number of amidine groups is 1. The van der Waals surface area contributed by atoms with Gasteiger partial charge in [0.15, 0.2) is 0 Å². The van der Waals surface area contributed by atoms with Crippen LogP contribution in [0.5, 0.6) is 0 Å². The average Bonchev–Trinajstić information content (AvgIpc) is 2.96. The normalized spacial score (nSPS) is 31.1. The molecule has 2 amide bonds. The SMILES string of the molecule is C[C@H]1C[C@]2(CCN1Cc1ccccc1)C(NC1CCCCC1)=NC(=O)N2C1CCC1. The Labute approximate surface area is 180 Å². The summed E-state index contributed by atoms with van der Waals surface area (Å²) < 4.78 is 0. The van der Waals surface area contributed by atoms with Gasteiger partial charge in [0.25, 0.3) is 0 Å². The zero-order valence-electron chi connectivity index (χ0n) is 18.4. The number of rotatable bonds is 4. The predicted octanol–water partition coefficient (Wildman–Crippen LogP) is 4.72. The number of piperidine rings is 1. The van der Waals surface area contributed by atoms with Crippen LogP contribution in [-0.4, -0.2) is 51.9 Å². The molecule has 5 heteroatoms. The Morgan fingerprint density at radius 2 is 1.83 bits per heavy atom. The Morgan fingerprint density at radius 1 is 1.07 bits per heavy atom. The zero-order valence-corrected chi connectivity index (χ0v) is 18.4. The Bertz CT molecular complexity index is 784. The van der Waals surface area contributed by atoms with Crippen molar-refractivity contribution in [2.75, 3.05) is 6.54 Å². The largest absolute Gasteiger partial charge is 0.369 e. The first-order valence-corrected chi connectivity index (χ1v) is 12.1. The van der Waals surface area contributed by atoms with Gasteiger partial charge in [-0.3, -0.25) is 4.90 Å². The van der Waals surface area contributed by atoms with Crippen LogP contribution in [0.3, 0.4) is 0 Å². The van der Waals surface area contributed by atoms with E-state index >= 15 is 0 Å². The van der Waals surface area contributed by atoms with E-state index in [1.807, 2.05) is 0 Å². The molecule has 2 aliphatic heterocycles. The van der Waals surface area contributed by atoms with E-state index in [4.69, 9.17) is 0 Å². The highest BCUT2D eigenvalue weighted by molar-refractivity contribution is 6.07. The molecule has 5 nitrogen and oxygen atoms in total. The van der Waals surface area contributed by atoms with Gasteiger partial charge < -0.3 is 10.2 Å². The lowest BCUT2D eigenvalue weighted by atomic mass is 9.77. The van der Waals surface area contributed by atoms with Crippen molar-refractivity contribution in [2.45, 2.75) is 101 Å². The monoisotopic (exact) mass is 408 g/mol. The molecule has 1 aromatic rings. The molecule has 2 saturated carbocycles. The summed E-state index contributed by atoms with van der Waals surface area (Å²) in [6.45, 7) is 4.33. The van der Waals surface area contributed by atoms with E-state index in [9.17, 15) is 4.79 Å². The van der Waals surface area contributed by atoms with Gasteiger partial charge in [0.05, 0.1) is 0 Å². The topological polar surface area (TPSA) is 47.9 Å². The number of hydrogen-bond acceptors (Lipinski definition) is 3. The summed E-state index contributed by atoms with van der Waals surface area (Å²) in [6.07, 6.45) is 11.8. The van der Waals surface area contributed by atoms with Crippen molar-refractivity contribution in [3.63, 3.8) is 0 Å². The lowest BCUT2D eigenvalue weighted by Crippen LogP contribution is -2.66. The fraction of sp³-hybridized carbons (Fsp3) is 0.680. The maximum Gasteiger partial charge on any atom is 0.346 e. The van der Waals surface area contributed by atoms with Crippen LogP contribution in [-0.2, 0) is 6.54 Å². The van der Waals surface area contributed by atoms with Crippen LogP contribution in [0.1, 0.15) is 76.7 Å². The second-order valence-electron chi connectivity index (χ2n) is 9.97. The minimum absolute atomic E-state index is 0.0155. The van der Waals surface area contributed by atoms with Crippen LogP contribution in [0.25, 0.3) is 0 Å². The molecular formula is C25H36N4O. The molecular weight excluding hydrogens is 372 g/mol. The first kappa shape index (κ1) is 20.0. The van der Waals surface area contributed by atoms with Gasteiger partial charge in [-0.2, -0.15) is 4.99 Å². The van der Waals surface area contributed by atoms with Crippen LogP contribution in [0.15, 0.2) is 35.3 Å². The van der Waals surface area contributed by atoms with Crippen LogP contribution in [0.4, 0.5) is 4.79 Å². The van der Waals surface area contributed by atoms with Gasteiger partial charge in [0.2, 0.25) is 0 Å². The molecule has 1 saturated heterocycles. The summed E-state index contributed by atoms with van der Waals surface area (Å²) in [4.78, 5) is 22.5. The molecule has 2 atom stereocenters. The number of carbonyl (C=O) groups excluding carboxylic acids is 1. The van der Waals surface area contributed by atoms with Crippen molar-refractivity contribution < 1.29 is 4.79 Å². The van der Waals surface area contributed by atoms with E-state index in [-0.39, 0.29) is 11.6 Å². The van der Waals surface area contributed by atoms with Gasteiger partial charge in [-0.1, -0.05) is 49.6 Å². The second-order valence-corrected chi connectivity index (χ2v) is 9.97. The third-order valence-electron chi connectivity index (χ3n) is 8.00. The van der Waals surface area contributed by atoms with E-state index < -0.39 is 0 Å². The fourth-order valence-electron chi connectivity index (χ4n) is 6.06. The smallest absolute Gasteiger partial charge is 0.346 e. The zero-order chi connectivity index (χ0) is 20.6. The predicted molar refractivity (Wildman–Crippen MR) is 121 cm³/mol. The summed E-state index contributed by atoms with van der Waals surface area (Å²) in [5.74, 6) is 0.998. The number of amides is 2. The van der Waals surface area contributed by atoms with Crippen molar-refractivity contribution in [3.8, 4) is 0 Å². The van der Waals surface area contributed by atoms with Gasteiger partial charge in [0, 0.05) is 31.2 Å². The van der Waals surface area contributed by atoms with Crippen LogP contribution >= 0.6 is 0 Å². The molecule has 30 heavy (non-hydrogen) atoms. The van der Waals surface area contributed by atoms with E-state index in [1.54, 1.807) is 0 Å². The number of nitrogens with zero attached hydrogens (tertiary/aromatic N) is 3. The minimum Gasteiger partial charge on any atom is -0.369 e. The average molecular weight is 409 g/mol. The highest BCUT2D eigenvalue weighted by Gasteiger charge is 2.55. The first-order valence-electron chi connectivity index (χ1n) is 12.1. The molecule has 1 aromatic carbocycles. The molecule has 1 spiro atoms. The van der Waals surface area contributed by atoms with Crippen molar-refractivity contribution in [3.05, 3.63) is 35.9 Å². The maximum absolute atomic E-state index is 13.1. The van der Waals surface area contributed by atoms with E-state index in [1.165, 1.54) is 44.1 Å². The second kappa shape index (κ2) is 8.33. The molecule has 0 radical (unpaired) electrons. The Morgan fingerprint density at radius 3 is 2.50 bits per heavy atom. The standard InChI is InChI=1S/C25H36N4O/c1-19-17-25(15-16-28(19)18-20-9-4-2-5-10-20)23(26-21-11-6-3-7-12-21)27-24(30)29(25)22-13-8-14-22/h2,4-5,9-10,19,21-22H,3,6-8,11-18H2,1H3,(H,26,27,30)/t19-,25+/m0/s1.